The molecule has 2 amide bonds. The largest absolute Gasteiger partial charge is 0.341 e. The summed E-state index contributed by atoms with van der Waals surface area (Å²) in [6, 6.07) is 4.01. The molecule has 1 N–H and O–H groups in total. The number of piperazine rings is 1. The fourth-order valence-electron chi connectivity index (χ4n) is 2.17. The molecule has 0 aliphatic carbocycles. The Bertz CT molecular complexity index is 493. The number of nitrogens with zero attached hydrogens (tertiary/aromatic N) is 1. The molecule has 0 spiro atoms. The first-order valence-electron chi connectivity index (χ1n) is 5.99. The monoisotopic (exact) mass is 266 g/mol. The number of rotatable bonds is 2. The molecule has 18 heavy (non-hydrogen) atoms. The summed E-state index contributed by atoms with van der Waals surface area (Å²) >= 11 is 1.67. The van der Waals surface area contributed by atoms with Crippen LogP contribution in [0.25, 0.3) is 0 Å². The van der Waals surface area contributed by atoms with Crippen LogP contribution in [0, 0.1) is 6.92 Å². The van der Waals surface area contributed by atoms with E-state index in [9.17, 15) is 9.59 Å². The van der Waals surface area contributed by atoms with Crippen molar-refractivity contribution in [3.63, 3.8) is 0 Å². The molecule has 0 saturated carbocycles. The van der Waals surface area contributed by atoms with Crippen LogP contribution in [0.15, 0.2) is 12.1 Å². The van der Waals surface area contributed by atoms with Crippen molar-refractivity contribution in [3.8, 4) is 0 Å². The summed E-state index contributed by atoms with van der Waals surface area (Å²) in [5.74, 6) is -0.125. The molecule has 1 aliphatic heterocycles. The maximum atomic E-state index is 12.3. The van der Waals surface area contributed by atoms with Gasteiger partial charge in [-0.2, -0.15) is 0 Å². The van der Waals surface area contributed by atoms with Crippen molar-refractivity contribution in [1.82, 2.24) is 10.2 Å². The Kier molecular flexibility index (Phi) is 3.19. The average Bonchev–Trinajstić information content (AvgIpc) is 2.68. The summed E-state index contributed by atoms with van der Waals surface area (Å²) < 4.78 is 0. The Morgan fingerprint density at radius 1 is 1.39 bits per heavy atom. The van der Waals surface area contributed by atoms with E-state index in [-0.39, 0.29) is 24.4 Å². The number of carbonyl (C=O) groups is 2. The molecule has 0 aromatic carbocycles. The van der Waals surface area contributed by atoms with Gasteiger partial charge in [-0.05, 0) is 39.8 Å². The van der Waals surface area contributed by atoms with Crippen LogP contribution in [0.1, 0.15) is 36.6 Å². The Morgan fingerprint density at radius 2 is 2.06 bits per heavy atom. The molecule has 1 aromatic rings. The molecule has 0 bridgehead atoms. The Labute approximate surface area is 111 Å². The van der Waals surface area contributed by atoms with Crippen molar-refractivity contribution in [1.29, 1.82) is 0 Å². The third-order valence-corrected chi connectivity index (χ3v) is 4.37. The number of amides is 2. The second-order valence-electron chi connectivity index (χ2n) is 5.23. The predicted octanol–water partition coefficient (Wildman–Crippen LogP) is 1.85. The van der Waals surface area contributed by atoms with Gasteiger partial charge in [-0.15, -0.1) is 11.3 Å². The molecule has 1 atom stereocenters. The molecule has 1 aromatic heterocycles. The first kappa shape index (κ1) is 13.1. The molecule has 4 nitrogen and oxygen atoms in total. The molecule has 1 saturated heterocycles. The van der Waals surface area contributed by atoms with E-state index in [1.54, 1.807) is 30.1 Å². The number of thiophene rings is 1. The first-order chi connectivity index (χ1) is 8.31. The van der Waals surface area contributed by atoms with Crippen LogP contribution in [-0.4, -0.2) is 28.8 Å². The van der Waals surface area contributed by atoms with Crippen LogP contribution < -0.4 is 5.32 Å². The van der Waals surface area contributed by atoms with Gasteiger partial charge in [0.25, 0.3) is 0 Å². The van der Waals surface area contributed by atoms with E-state index in [2.05, 4.69) is 5.32 Å². The van der Waals surface area contributed by atoms with Crippen LogP contribution in [0.2, 0.25) is 0 Å². The van der Waals surface area contributed by atoms with Crippen LogP contribution in [0.4, 0.5) is 0 Å². The highest BCUT2D eigenvalue weighted by Gasteiger charge is 2.41. The van der Waals surface area contributed by atoms with Gasteiger partial charge >= 0.3 is 0 Å². The standard InChI is InChI=1S/C13H18N2O2S/c1-8-5-6-10(18-8)9(2)15-7-11(16)14-13(3,4)12(15)17/h5-6,9H,7H2,1-4H3,(H,14,16). The van der Waals surface area contributed by atoms with Gasteiger partial charge in [0.2, 0.25) is 11.8 Å². The van der Waals surface area contributed by atoms with Gasteiger partial charge in [-0.25, -0.2) is 0 Å². The van der Waals surface area contributed by atoms with Crippen molar-refractivity contribution in [2.75, 3.05) is 6.54 Å². The lowest BCUT2D eigenvalue weighted by atomic mass is 9.99. The summed E-state index contributed by atoms with van der Waals surface area (Å²) in [6.45, 7) is 7.63. The van der Waals surface area contributed by atoms with Crippen molar-refractivity contribution in [3.05, 3.63) is 21.9 Å². The van der Waals surface area contributed by atoms with Crippen LogP contribution in [0.5, 0.6) is 0 Å². The van der Waals surface area contributed by atoms with Crippen molar-refractivity contribution < 1.29 is 9.59 Å². The quantitative estimate of drug-likeness (QED) is 0.888. The zero-order valence-corrected chi connectivity index (χ0v) is 11.9. The summed E-state index contributed by atoms with van der Waals surface area (Å²) in [7, 11) is 0. The summed E-state index contributed by atoms with van der Waals surface area (Å²) in [5, 5.41) is 2.72. The zero-order valence-electron chi connectivity index (χ0n) is 11.1. The molecule has 0 radical (unpaired) electrons. The van der Waals surface area contributed by atoms with E-state index >= 15 is 0 Å². The van der Waals surface area contributed by atoms with E-state index in [1.807, 2.05) is 26.0 Å². The van der Waals surface area contributed by atoms with Crippen LogP contribution in [0.3, 0.4) is 0 Å². The molecule has 2 heterocycles. The highest BCUT2D eigenvalue weighted by atomic mass is 32.1. The number of aryl methyl sites for hydroxylation is 1. The number of hydrogen-bond acceptors (Lipinski definition) is 3. The first-order valence-corrected chi connectivity index (χ1v) is 6.81. The fraction of sp³-hybridized carbons (Fsp3) is 0.538. The Balaban J connectivity index is 2.26. The lowest BCUT2D eigenvalue weighted by Gasteiger charge is -2.40. The van der Waals surface area contributed by atoms with Crippen molar-refractivity contribution in [2.24, 2.45) is 0 Å². The van der Waals surface area contributed by atoms with Gasteiger partial charge in [0, 0.05) is 9.75 Å². The Morgan fingerprint density at radius 3 is 2.61 bits per heavy atom. The third-order valence-electron chi connectivity index (χ3n) is 3.20. The molecular formula is C13H18N2O2S. The summed E-state index contributed by atoms with van der Waals surface area (Å²) in [6.07, 6.45) is 0. The minimum Gasteiger partial charge on any atom is -0.341 e. The van der Waals surface area contributed by atoms with E-state index in [1.165, 1.54) is 4.88 Å². The second kappa shape index (κ2) is 4.39. The van der Waals surface area contributed by atoms with Gasteiger partial charge in [0.1, 0.15) is 12.1 Å². The molecular weight excluding hydrogens is 248 g/mol. The molecule has 98 valence electrons. The van der Waals surface area contributed by atoms with E-state index in [4.69, 9.17) is 0 Å². The summed E-state index contributed by atoms with van der Waals surface area (Å²) in [4.78, 5) is 28.0. The van der Waals surface area contributed by atoms with Gasteiger partial charge in [0.05, 0.1) is 6.04 Å². The van der Waals surface area contributed by atoms with E-state index in [0.29, 0.717) is 0 Å². The highest BCUT2D eigenvalue weighted by molar-refractivity contribution is 7.12. The van der Waals surface area contributed by atoms with Gasteiger partial charge in [-0.1, -0.05) is 0 Å². The topological polar surface area (TPSA) is 49.4 Å². The van der Waals surface area contributed by atoms with Gasteiger partial charge in [-0.3, -0.25) is 9.59 Å². The third kappa shape index (κ3) is 2.27. The Hall–Kier alpha value is -1.36. The number of carbonyl (C=O) groups excluding carboxylic acids is 2. The van der Waals surface area contributed by atoms with Gasteiger partial charge < -0.3 is 10.2 Å². The number of hydrogen-bond donors (Lipinski definition) is 1. The smallest absolute Gasteiger partial charge is 0.248 e. The normalized spacial score (nSPS) is 20.8. The fourth-order valence-corrected chi connectivity index (χ4v) is 3.11. The molecule has 1 unspecified atom stereocenters. The number of nitrogens with one attached hydrogen (secondary N) is 1. The van der Waals surface area contributed by atoms with Crippen molar-refractivity contribution >= 4 is 23.2 Å². The minimum absolute atomic E-state index is 0.0272. The van der Waals surface area contributed by atoms with Gasteiger partial charge in [0.15, 0.2) is 0 Å². The van der Waals surface area contributed by atoms with Crippen molar-refractivity contribution in [2.45, 2.75) is 39.3 Å². The minimum atomic E-state index is -0.810. The zero-order chi connectivity index (χ0) is 13.5. The SMILES string of the molecule is Cc1ccc(C(C)N2CC(=O)NC(C)(C)C2=O)s1. The maximum absolute atomic E-state index is 12.3. The summed E-state index contributed by atoms with van der Waals surface area (Å²) in [5.41, 5.74) is -0.810. The lowest BCUT2D eigenvalue weighted by Crippen LogP contribution is -2.64. The molecule has 5 heteroatoms. The van der Waals surface area contributed by atoms with Crippen LogP contribution in [-0.2, 0) is 9.59 Å². The molecule has 1 aliphatic rings. The molecule has 1 fully saturated rings. The highest BCUT2D eigenvalue weighted by Crippen LogP contribution is 2.30. The second-order valence-corrected chi connectivity index (χ2v) is 6.55. The average molecular weight is 266 g/mol. The molecule has 2 rings (SSSR count). The van der Waals surface area contributed by atoms with E-state index in [0.717, 1.165) is 4.88 Å². The predicted molar refractivity (Wildman–Crippen MR) is 71.4 cm³/mol. The van der Waals surface area contributed by atoms with Crippen LogP contribution >= 0.6 is 11.3 Å². The lowest BCUT2D eigenvalue weighted by molar-refractivity contribution is -0.150. The van der Waals surface area contributed by atoms with E-state index < -0.39 is 5.54 Å². The maximum Gasteiger partial charge on any atom is 0.248 e.